The fourth-order valence-corrected chi connectivity index (χ4v) is 2.26. The van der Waals surface area contributed by atoms with Gasteiger partial charge in [-0.05, 0) is 37.0 Å². The number of carbonyl (C=O) groups excluding carboxylic acids is 1. The van der Waals surface area contributed by atoms with Crippen molar-refractivity contribution in [3.05, 3.63) is 35.1 Å². The number of nitrogens with one attached hydrogen (secondary N) is 1. The maximum absolute atomic E-state index is 13.8. The van der Waals surface area contributed by atoms with Crippen molar-refractivity contribution >= 4 is 5.91 Å². The number of benzene rings is 1. The van der Waals surface area contributed by atoms with Gasteiger partial charge in [0.1, 0.15) is 5.82 Å². The molecule has 4 heteroatoms. The van der Waals surface area contributed by atoms with E-state index in [2.05, 4.69) is 24.1 Å². The van der Waals surface area contributed by atoms with Gasteiger partial charge in [-0.15, -0.1) is 0 Å². The molecule has 1 saturated carbocycles. The van der Waals surface area contributed by atoms with Crippen LogP contribution in [0.2, 0.25) is 0 Å². The van der Waals surface area contributed by atoms with Crippen LogP contribution in [-0.2, 0) is 0 Å². The smallest absolute Gasteiger partial charge is 0.251 e. The topological polar surface area (TPSA) is 55.1 Å². The Morgan fingerprint density at radius 1 is 1.52 bits per heavy atom. The Hall–Kier alpha value is -1.86. The van der Waals surface area contributed by atoms with E-state index < -0.39 is 5.82 Å². The van der Waals surface area contributed by atoms with E-state index in [1.807, 2.05) is 0 Å². The molecule has 1 fully saturated rings. The first-order valence-corrected chi connectivity index (χ1v) is 7.43. The number of carbonyl (C=O) groups is 1. The molecule has 1 aliphatic rings. The summed E-state index contributed by atoms with van der Waals surface area (Å²) in [6.45, 7) is 2.24. The molecular formula is C17H21FN2O. The van der Waals surface area contributed by atoms with Crippen molar-refractivity contribution in [3.63, 3.8) is 0 Å². The van der Waals surface area contributed by atoms with Gasteiger partial charge in [-0.25, -0.2) is 4.39 Å². The van der Waals surface area contributed by atoms with Crippen molar-refractivity contribution in [1.82, 2.24) is 5.32 Å². The maximum Gasteiger partial charge on any atom is 0.251 e. The first-order valence-electron chi connectivity index (χ1n) is 7.43. The van der Waals surface area contributed by atoms with Crippen LogP contribution >= 0.6 is 0 Å². The largest absolute Gasteiger partial charge is 0.349 e. The molecule has 21 heavy (non-hydrogen) atoms. The van der Waals surface area contributed by atoms with Gasteiger partial charge in [0, 0.05) is 11.6 Å². The zero-order valence-electron chi connectivity index (χ0n) is 12.3. The molecule has 1 aromatic carbocycles. The summed E-state index contributed by atoms with van der Waals surface area (Å²) in [7, 11) is 0. The fraction of sp³-hybridized carbons (Fsp3) is 0.471. The van der Waals surface area contributed by atoms with Crippen molar-refractivity contribution in [2.75, 3.05) is 6.54 Å². The summed E-state index contributed by atoms with van der Waals surface area (Å²) < 4.78 is 13.8. The molecule has 3 N–H and O–H groups in total. The van der Waals surface area contributed by atoms with Crippen molar-refractivity contribution in [1.29, 1.82) is 0 Å². The third-order valence-electron chi connectivity index (χ3n) is 3.70. The highest BCUT2D eigenvalue weighted by molar-refractivity contribution is 5.94. The third kappa shape index (κ3) is 4.57. The number of nitrogens with two attached hydrogens (primary N) is 1. The fourth-order valence-electron chi connectivity index (χ4n) is 2.26. The number of amides is 1. The summed E-state index contributed by atoms with van der Waals surface area (Å²) in [4.78, 5) is 12.2. The van der Waals surface area contributed by atoms with E-state index in [0.29, 0.717) is 5.56 Å². The summed E-state index contributed by atoms with van der Waals surface area (Å²) >= 11 is 0. The van der Waals surface area contributed by atoms with E-state index in [0.717, 1.165) is 18.8 Å². The predicted molar refractivity (Wildman–Crippen MR) is 81.2 cm³/mol. The molecule has 1 unspecified atom stereocenters. The van der Waals surface area contributed by atoms with Gasteiger partial charge in [-0.3, -0.25) is 4.79 Å². The second kappa shape index (κ2) is 7.24. The van der Waals surface area contributed by atoms with Crippen LogP contribution in [0.3, 0.4) is 0 Å². The van der Waals surface area contributed by atoms with Gasteiger partial charge in [0.05, 0.1) is 12.1 Å². The molecule has 0 bridgehead atoms. The van der Waals surface area contributed by atoms with Crippen molar-refractivity contribution in [2.45, 2.75) is 38.6 Å². The summed E-state index contributed by atoms with van der Waals surface area (Å²) in [5.74, 6) is 5.29. The lowest BCUT2D eigenvalue weighted by atomic mass is 10.1. The van der Waals surface area contributed by atoms with Gasteiger partial charge < -0.3 is 11.1 Å². The van der Waals surface area contributed by atoms with Gasteiger partial charge in [0.15, 0.2) is 0 Å². The molecule has 2 rings (SSSR count). The lowest BCUT2D eigenvalue weighted by Crippen LogP contribution is -2.34. The summed E-state index contributed by atoms with van der Waals surface area (Å²) in [6, 6.07) is 4.53. The van der Waals surface area contributed by atoms with Gasteiger partial charge >= 0.3 is 0 Å². The van der Waals surface area contributed by atoms with Crippen LogP contribution in [0.1, 0.15) is 48.5 Å². The molecule has 1 atom stereocenters. The van der Waals surface area contributed by atoms with Crippen molar-refractivity contribution < 1.29 is 9.18 Å². The van der Waals surface area contributed by atoms with Crippen LogP contribution in [0.4, 0.5) is 4.39 Å². The lowest BCUT2D eigenvalue weighted by molar-refractivity contribution is 0.0932. The van der Waals surface area contributed by atoms with E-state index in [1.165, 1.54) is 25.0 Å². The van der Waals surface area contributed by atoms with E-state index in [-0.39, 0.29) is 24.1 Å². The quantitative estimate of drug-likeness (QED) is 0.818. The molecule has 1 aliphatic carbocycles. The Labute approximate surface area is 125 Å². The standard InChI is InChI=1S/C17H21FN2O/c1-2-15(10-12-5-6-12)20-17(21)14-8-7-13(4-3-9-19)16(18)11-14/h7-8,11-12,15H,2,5-6,9-10,19H2,1H3,(H,20,21). The molecule has 0 spiro atoms. The second-order valence-corrected chi connectivity index (χ2v) is 5.46. The average molecular weight is 288 g/mol. The van der Waals surface area contributed by atoms with Crippen LogP contribution in [0.5, 0.6) is 0 Å². The van der Waals surface area contributed by atoms with E-state index >= 15 is 0 Å². The molecule has 1 aromatic rings. The van der Waals surface area contributed by atoms with E-state index in [9.17, 15) is 9.18 Å². The first kappa shape index (κ1) is 15.5. The van der Waals surface area contributed by atoms with Gasteiger partial charge in [-0.2, -0.15) is 0 Å². The molecular weight excluding hydrogens is 267 g/mol. The zero-order chi connectivity index (χ0) is 15.2. The van der Waals surface area contributed by atoms with Gasteiger partial charge in [0.25, 0.3) is 5.91 Å². The number of hydrogen-bond donors (Lipinski definition) is 2. The van der Waals surface area contributed by atoms with Crippen LogP contribution in [0.15, 0.2) is 18.2 Å². The molecule has 0 radical (unpaired) electrons. The van der Waals surface area contributed by atoms with Crippen LogP contribution in [-0.4, -0.2) is 18.5 Å². The second-order valence-electron chi connectivity index (χ2n) is 5.46. The average Bonchev–Trinajstić information content (AvgIpc) is 3.29. The molecule has 0 saturated heterocycles. The Morgan fingerprint density at radius 3 is 2.86 bits per heavy atom. The summed E-state index contributed by atoms with van der Waals surface area (Å²) in [6.07, 6.45) is 4.43. The van der Waals surface area contributed by atoms with Gasteiger partial charge in [-0.1, -0.05) is 31.6 Å². The monoisotopic (exact) mass is 288 g/mol. The van der Waals surface area contributed by atoms with E-state index in [1.54, 1.807) is 6.07 Å². The summed E-state index contributed by atoms with van der Waals surface area (Å²) in [5.41, 5.74) is 5.86. The maximum atomic E-state index is 13.8. The zero-order valence-corrected chi connectivity index (χ0v) is 12.3. The minimum Gasteiger partial charge on any atom is -0.349 e. The highest BCUT2D eigenvalue weighted by atomic mass is 19.1. The molecule has 0 aromatic heterocycles. The number of halogens is 1. The number of rotatable bonds is 5. The highest BCUT2D eigenvalue weighted by Crippen LogP contribution is 2.34. The Kier molecular flexibility index (Phi) is 5.35. The Balaban J connectivity index is 2.02. The Bertz CT molecular complexity index is 570. The SMILES string of the molecule is CCC(CC1CC1)NC(=O)c1ccc(C#CCN)c(F)c1. The minimum atomic E-state index is -0.487. The molecule has 3 nitrogen and oxygen atoms in total. The number of hydrogen-bond acceptors (Lipinski definition) is 2. The van der Waals surface area contributed by atoms with Crippen LogP contribution in [0.25, 0.3) is 0 Å². The van der Waals surface area contributed by atoms with Crippen molar-refractivity contribution in [3.8, 4) is 11.8 Å². The highest BCUT2D eigenvalue weighted by Gasteiger charge is 2.25. The molecule has 0 heterocycles. The molecule has 0 aliphatic heterocycles. The first-order chi connectivity index (χ1) is 10.1. The molecule has 112 valence electrons. The predicted octanol–water partition coefficient (Wildman–Crippen LogP) is 2.44. The van der Waals surface area contributed by atoms with Crippen LogP contribution < -0.4 is 11.1 Å². The normalized spacial score (nSPS) is 15.0. The van der Waals surface area contributed by atoms with E-state index in [4.69, 9.17) is 5.73 Å². The summed E-state index contributed by atoms with van der Waals surface area (Å²) in [5, 5.41) is 2.98. The van der Waals surface area contributed by atoms with Gasteiger partial charge in [0.2, 0.25) is 0 Å². The third-order valence-corrected chi connectivity index (χ3v) is 3.70. The van der Waals surface area contributed by atoms with Crippen LogP contribution in [0, 0.1) is 23.6 Å². The Morgan fingerprint density at radius 2 is 2.29 bits per heavy atom. The van der Waals surface area contributed by atoms with Crippen molar-refractivity contribution in [2.24, 2.45) is 11.7 Å². The lowest BCUT2D eigenvalue weighted by Gasteiger charge is -2.16. The minimum absolute atomic E-state index is 0.171. The molecule has 1 amide bonds.